The maximum Gasteiger partial charge on any atom is 0.410 e. The largest absolute Gasteiger partial charge is 0.444 e. The predicted molar refractivity (Wildman–Crippen MR) is 94.0 cm³/mol. The molecule has 0 aliphatic carbocycles. The Morgan fingerprint density at radius 3 is 2.50 bits per heavy atom. The number of hydrogen-bond acceptors (Lipinski definition) is 3. The number of amides is 2. The lowest BCUT2D eigenvalue weighted by atomic mass is 10.1. The number of carbonyl (C=O) groups excluding carboxylic acids is 2. The van der Waals surface area contributed by atoms with E-state index in [9.17, 15) is 9.59 Å². The number of carbonyl (C=O) groups is 2. The minimum Gasteiger partial charge on any atom is -0.444 e. The van der Waals surface area contributed by atoms with Crippen LogP contribution in [0.3, 0.4) is 0 Å². The van der Waals surface area contributed by atoms with E-state index >= 15 is 0 Å². The van der Waals surface area contributed by atoms with Gasteiger partial charge in [0.2, 0.25) is 5.91 Å². The first kappa shape index (κ1) is 18.6. The van der Waals surface area contributed by atoms with Crippen molar-refractivity contribution in [3.63, 3.8) is 0 Å². The standard InChI is InChI=1S/C18H25ClN2O3/c1-12(13-7-9-14(19)10-8-13)20-16(22)15-6-5-11-21(15)17(23)24-18(2,3)4/h7-10,12,15H,5-6,11H2,1-4H3,(H,20,22)/t12-,15?/m0/s1. The molecule has 2 rings (SSSR count). The van der Waals surface area contributed by atoms with Crippen molar-refractivity contribution in [3.8, 4) is 0 Å². The molecule has 0 spiro atoms. The summed E-state index contributed by atoms with van der Waals surface area (Å²) >= 11 is 5.89. The third-order valence-corrected chi connectivity index (χ3v) is 4.16. The first-order valence-electron chi connectivity index (χ1n) is 8.23. The van der Waals surface area contributed by atoms with E-state index in [-0.39, 0.29) is 11.9 Å². The lowest BCUT2D eigenvalue weighted by Crippen LogP contribution is -2.48. The molecule has 0 saturated carbocycles. The Kier molecular flexibility index (Phi) is 5.75. The van der Waals surface area contributed by atoms with Crippen LogP contribution in [-0.2, 0) is 9.53 Å². The lowest BCUT2D eigenvalue weighted by Gasteiger charge is -2.28. The highest BCUT2D eigenvalue weighted by atomic mass is 35.5. The fourth-order valence-corrected chi connectivity index (χ4v) is 2.85. The maximum absolute atomic E-state index is 12.6. The van der Waals surface area contributed by atoms with Crippen LogP contribution in [0.15, 0.2) is 24.3 Å². The van der Waals surface area contributed by atoms with Crippen LogP contribution in [0.2, 0.25) is 5.02 Å². The van der Waals surface area contributed by atoms with Gasteiger partial charge >= 0.3 is 6.09 Å². The van der Waals surface area contributed by atoms with Crippen molar-refractivity contribution in [2.75, 3.05) is 6.54 Å². The quantitative estimate of drug-likeness (QED) is 0.897. The van der Waals surface area contributed by atoms with Gasteiger partial charge in [0.15, 0.2) is 0 Å². The van der Waals surface area contributed by atoms with E-state index in [1.165, 1.54) is 4.90 Å². The minimum atomic E-state index is -0.572. The summed E-state index contributed by atoms with van der Waals surface area (Å²) in [5.41, 5.74) is 0.395. The van der Waals surface area contributed by atoms with Crippen molar-refractivity contribution in [3.05, 3.63) is 34.9 Å². The summed E-state index contributed by atoms with van der Waals surface area (Å²) in [6.45, 7) is 7.91. The Hall–Kier alpha value is -1.75. The number of benzene rings is 1. The molecule has 1 aromatic carbocycles. The lowest BCUT2D eigenvalue weighted by molar-refractivity contribution is -0.126. The molecular weight excluding hydrogens is 328 g/mol. The molecular formula is C18H25ClN2O3. The highest BCUT2D eigenvalue weighted by molar-refractivity contribution is 6.30. The highest BCUT2D eigenvalue weighted by Crippen LogP contribution is 2.22. The van der Waals surface area contributed by atoms with Gasteiger partial charge in [0, 0.05) is 11.6 Å². The van der Waals surface area contributed by atoms with Gasteiger partial charge in [0.1, 0.15) is 11.6 Å². The fraction of sp³-hybridized carbons (Fsp3) is 0.556. The Balaban J connectivity index is 2.00. The van der Waals surface area contributed by atoms with Gasteiger partial charge in [-0.1, -0.05) is 23.7 Å². The topological polar surface area (TPSA) is 58.6 Å². The first-order valence-corrected chi connectivity index (χ1v) is 8.60. The van der Waals surface area contributed by atoms with E-state index < -0.39 is 17.7 Å². The van der Waals surface area contributed by atoms with Crippen molar-refractivity contribution in [1.82, 2.24) is 10.2 Å². The van der Waals surface area contributed by atoms with E-state index in [0.717, 1.165) is 12.0 Å². The van der Waals surface area contributed by atoms with E-state index in [0.29, 0.717) is 18.0 Å². The predicted octanol–water partition coefficient (Wildman–Crippen LogP) is 3.92. The average molecular weight is 353 g/mol. The van der Waals surface area contributed by atoms with Crippen LogP contribution in [0, 0.1) is 0 Å². The van der Waals surface area contributed by atoms with Crippen LogP contribution >= 0.6 is 11.6 Å². The van der Waals surface area contributed by atoms with Crippen molar-refractivity contribution in [2.24, 2.45) is 0 Å². The number of hydrogen-bond donors (Lipinski definition) is 1. The minimum absolute atomic E-state index is 0.152. The number of ether oxygens (including phenoxy) is 1. The van der Waals surface area contributed by atoms with Gasteiger partial charge in [-0.05, 0) is 58.2 Å². The molecule has 1 unspecified atom stereocenters. The summed E-state index contributed by atoms with van der Waals surface area (Å²) in [6.07, 6.45) is 1.02. The smallest absolute Gasteiger partial charge is 0.410 e. The Bertz CT molecular complexity index is 595. The molecule has 1 aromatic rings. The highest BCUT2D eigenvalue weighted by Gasteiger charge is 2.36. The summed E-state index contributed by atoms with van der Waals surface area (Å²) in [4.78, 5) is 26.4. The third kappa shape index (κ3) is 4.87. The summed E-state index contributed by atoms with van der Waals surface area (Å²) in [7, 11) is 0. The van der Waals surface area contributed by atoms with Crippen molar-refractivity contribution >= 4 is 23.6 Å². The Morgan fingerprint density at radius 2 is 1.92 bits per heavy atom. The monoisotopic (exact) mass is 352 g/mol. The number of nitrogens with zero attached hydrogens (tertiary/aromatic N) is 1. The van der Waals surface area contributed by atoms with E-state index in [2.05, 4.69) is 5.32 Å². The van der Waals surface area contributed by atoms with Crippen LogP contribution in [0.25, 0.3) is 0 Å². The first-order chi connectivity index (χ1) is 11.2. The van der Waals surface area contributed by atoms with Crippen molar-refractivity contribution in [2.45, 2.75) is 58.2 Å². The van der Waals surface area contributed by atoms with E-state index in [4.69, 9.17) is 16.3 Å². The summed E-state index contributed by atoms with van der Waals surface area (Å²) < 4.78 is 5.40. The van der Waals surface area contributed by atoms with Gasteiger partial charge in [-0.15, -0.1) is 0 Å². The summed E-state index contributed by atoms with van der Waals surface area (Å²) in [5, 5.41) is 3.63. The molecule has 1 aliphatic heterocycles. The molecule has 1 saturated heterocycles. The molecule has 5 nitrogen and oxygen atoms in total. The zero-order chi connectivity index (χ0) is 17.9. The number of rotatable bonds is 3. The van der Waals surface area contributed by atoms with Gasteiger partial charge < -0.3 is 10.1 Å². The fourth-order valence-electron chi connectivity index (χ4n) is 2.72. The second kappa shape index (κ2) is 7.43. The summed E-state index contributed by atoms with van der Waals surface area (Å²) in [6, 6.07) is 6.72. The van der Waals surface area contributed by atoms with E-state index in [1.807, 2.05) is 39.8 Å². The van der Waals surface area contributed by atoms with Gasteiger partial charge in [-0.2, -0.15) is 0 Å². The zero-order valence-electron chi connectivity index (χ0n) is 14.6. The zero-order valence-corrected chi connectivity index (χ0v) is 15.4. The molecule has 2 amide bonds. The Labute approximate surface area is 148 Å². The van der Waals surface area contributed by atoms with Crippen molar-refractivity contribution in [1.29, 1.82) is 0 Å². The van der Waals surface area contributed by atoms with Crippen LogP contribution in [0.5, 0.6) is 0 Å². The molecule has 1 fully saturated rings. The summed E-state index contributed by atoms with van der Waals surface area (Å²) in [5.74, 6) is -0.152. The second-order valence-electron chi connectivity index (χ2n) is 7.11. The van der Waals surface area contributed by atoms with Crippen LogP contribution < -0.4 is 5.32 Å². The Morgan fingerprint density at radius 1 is 1.29 bits per heavy atom. The molecule has 2 atom stereocenters. The number of nitrogens with one attached hydrogen (secondary N) is 1. The van der Waals surface area contributed by atoms with Crippen LogP contribution in [0.1, 0.15) is 52.1 Å². The third-order valence-electron chi connectivity index (χ3n) is 3.91. The molecule has 1 aliphatic rings. The van der Waals surface area contributed by atoms with Crippen molar-refractivity contribution < 1.29 is 14.3 Å². The molecule has 24 heavy (non-hydrogen) atoms. The maximum atomic E-state index is 12.6. The van der Waals surface area contributed by atoms with Gasteiger partial charge in [0.05, 0.1) is 6.04 Å². The molecule has 0 aromatic heterocycles. The van der Waals surface area contributed by atoms with Gasteiger partial charge in [-0.25, -0.2) is 4.79 Å². The second-order valence-corrected chi connectivity index (χ2v) is 7.55. The molecule has 1 N–H and O–H groups in total. The van der Waals surface area contributed by atoms with Crippen LogP contribution in [-0.4, -0.2) is 35.1 Å². The molecule has 6 heteroatoms. The molecule has 0 radical (unpaired) electrons. The number of likely N-dealkylation sites (tertiary alicyclic amines) is 1. The molecule has 132 valence electrons. The van der Waals surface area contributed by atoms with Gasteiger partial charge in [-0.3, -0.25) is 9.69 Å². The van der Waals surface area contributed by atoms with Gasteiger partial charge in [0.25, 0.3) is 0 Å². The van der Waals surface area contributed by atoms with E-state index in [1.54, 1.807) is 12.1 Å². The normalized spacial score (nSPS) is 19.0. The number of halogens is 1. The molecule has 1 heterocycles. The van der Waals surface area contributed by atoms with Crippen LogP contribution in [0.4, 0.5) is 4.79 Å². The molecule has 0 bridgehead atoms. The SMILES string of the molecule is C[C@H](NC(=O)C1CCCN1C(=O)OC(C)(C)C)c1ccc(Cl)cc1. The average Bonchev–Trinajstić information content (AvgIpc) is 2.95.